The normalized spacial score (nSPS) is 11.7. The lowest BCUT2D eigenvalue weighted by Crippen LogP contribution is -2.15. The maximum atomic E-state index is 12.2. The standard InChI is InChI=1S/C8H6F2O4S/c9-8(10)15(13,14)6-4-2-1-3-5(6)7(11)12/h1-4,8H,(H,11,12). The van der Waals surface area contributed by atoms with Crippen molar-refractivity contribution < 1.29 is 27.1 Å². The van der Waals surface area contributed by atoms with Crippen LogP contribution in [0.1, 0.15) is 10.4 Å². The molecule has 0 heterocycles. The van der Waals surface area contributed by atoms with Crippen LogP contribution in [-0.4, -0.2) is 25.3 Å². The summed E-state index contributed by atoms with van der Waals surface area (Å²) >= 11 is 0. The maximum absolute atomic E-state index is 12.2. The van der Waals surface area contributed by atoms with Gasteiger partial charge in [-0.15, -0.1) is 0 Å². The van der Waals surface area contributed by atoms with Gasteiger partial charge in [-0.05, 0) is 12.1 Å². The highest BCUT2D eigenvalue weighted by Crippen LogP contribution is 2.21. The van der Waals surface area contributed by atoms with Gasteiger partial charge in [-0.25, -0.2) is 13.2 Å². The molecule has 1 rings (SSSR count). The lowest BCUT2D eigenvalue weighted by atomic mass is 10.2. The minimum atomic E-state index is -4.87. The molecule has 0 aromatic heterocycles. The number of hydrogen-bond donors (Lipinski definition) is 1. The Morgan fingerprint density at radius 1 is 1.27 bits per heavy atom. The fraction of sp³-hybridized carbons (Fsp3) is 0.125. The van der Waals surface area contributed by atoms with Gasteiger partial charge in [0.05, 0.1) is 10.5 Å². The third-order valence-corrected chi connectivity index (χ3v) is 3.10. The van der Waals surface area contributed by atoms with Crippen molar-refractivity contribution in [3.8, 4) is 0 Å². The van der Waals surface area contributed by atoms with E-state index in [0.29, 0.717) is 0 Å². The molecule has 1 N–H and O–H groups in total. The molecule has 82 valence electrons. The van der Waals surface area contributed by atoms with Crippen molar-refractivity contribution in [1.82, 2.24) is 0 Å². The summed E-state index contributed by atoms with van der Waals surface area (Å²) in [6, 6.07) is 4.23. The summed E-state index contributed by atoms with van der Waals surface area (Å²) in [6.07, 6.45) is 0. The highest BCUT2D eigenvalue weighted by Gasteiger charge is 2.30. The third kappa shape index (κ3) is 2.12. The zero-order valence-electron chi connectivity index (χ0n) is 7.22. The fourth-order valence-corrected chi connectivity index (χ4v) is 1.91. The summed E-state index contributed by atoms with van der Waals surface area (Å²) in [5.41, 5.74) is -0.655. The smallest absolute Gasteiger partial charge is 0.341 e. The zero-order chi connectivity index (χ0) is 11.6. The minimum absolute atomic E-state index is 0.655. The number of hydrogen-bond acceptors (Lipinski definition) is 3. The summed E-state index contributed by atoms with van der Waals surface area (Å²) in [4.78, 5) is 9.71. The van der Waals surface area contributed by atoms with Gasteiger partial charge in [0.25, 0.3) is 0 Å². The predicted molar refractivity (Wildman–Crippen MR) is 46.6 cm³/mol. The lowest BCUT2D eigenvalue weighted by molar-refractivity contribution is 0.0692. The molecule has 0 unspecified atom stereocenters. The molecule has 0 saturated heterocycles. The summed E-state index contributed by atoms with van der Waals surface area (Å²) in [7, 11) is -4.87. The van der Waals surface area contributed by atoms with E-state index >= 15 is 0 Å². The SMILES string of the molecule is O=C(O)c1ccccc1S(=O)(=O)C(F)F. The van der Waals surface area contributed by atoms with Crippen LogP contribution >= 0.6 is 0 Å². The summed E-state index contributed by atoms with van der Waals surface area (Å²) < 4.78 is 46.4. The first kappa shape index (κ1) is 11.6. The van der Waals surface area contributed by atoms with Crippen LogP contribution in [0.25, 0.3) is 0 Å². The molecule has 0 aliphatic carbocycles. The van der Waals surface area contributed by atoms with Gasteiger partial charge in [-0.3, -0.25) is 0 Å². The van der Waals surface area contributed by atoms with Crippen LogP contribution in [0.4, 0.5) is 8.78 Å². The molecule has 0 radical (unpaired) electrons. The van der Waals surface area contributed by atoms with Gasteiger partial charge in [0.2, 0.25) is 9.84 Å². The number of aromatic carboxylic acids is 1. The number of carboxylic acid groups (broad SMARTS) is 1. The zero-order valence-corrected chi connectivity index (χ0v) is 8.04. The number of sulfone groups is 1. The van der Waals surface area contributed by atoms with E-state index in [0.717, 1.165) is 12.1 Å². The number of carboxylic acids is 1. The molecule has 0 amide bonds. The molecule has 1 aromatic rings. The van der Waals surface area contributed by atoms with E-state index in [-0.39, 0.29) is 0 Å². The Balaban J connectivity index is 3.45. The lowest BCUT2D eigenvalue weighted by Gasteiger charge is -2.05. The highest BCUT2D eigenvalue weighted by molar-refractivity contribution is 7.91. The second kappa shape index (κ2) is 3.93. The highest BCUT2D eigenvalue weighted by atomic mass is 32.2. The molecule has 0 atom stereocenters. The van der Waals surface area contributed by atoms with Gasteiger partial charge in [0.1, 0.15) is 0 Å². The van der Waals surface area contributed by atoms with Crippen LogP contribution < -0.4 is 0 Å². The van der Waals surface area contributed by atoms with Crippen LogP contribution in [0.3, 0.4) is 0 Å². The molecule has 15 heavy (non-hydrogen) atoms. The molecular formula is C8H6F2O4S. The average Bonchev–Trinajstić information content (AvgIpc) is 2.17. The van der Waals surface area contributed by atoms with Crippen molar-refractivity contribution >= 4 is 15.8 Å². The van der Waals surface area contributed by atoms with E-state index in [1.165, 1.54) is 12.1 Å². The van der Waals surface area contributed by atoms with Gasteiger partial charge in [0, 0.05) is 0 Å². The van der Waals surface area contributed by atoms with Gasteiger partial charge in [0.15, 0.2) is 0 Å². The second-order valence-electron chi connectivity index (χ2n) is 2.61. The van der Waals surface area contributed by atoms with Crippen LogP contribution in [0.15, 0.2) is 29.2 Å². The molecule has 0 saturated carbocycles. The number of carbonyl (C=O) groups is 1. The first-order valence-corrected chi connectivity index (χ1v) is 5.26. The van der Waals surface area contributed by atoms with Gasteiger partial charge in [-0.2, -0.15) is 8.78 Å². The van der Waals surface area contributed by atoms with Gasteiger partial charge >= 0.3 is 11.7 Å². The predicted octanol–water partition coefficient (Wildman–Crippen LogP) is 1.38. The quantitative estimate of drug-likeness (QED) is 0.860. The molecule has 0 spiro atoms. The van der Waals surface area contributed by atoms with E-state index < -0.39 is 32.0 Å². The fourth-order valence-electron chi connectivity index (χ4n) is 0.987. The van der Waals surface area contributed by atoms with Crippen molar-refractivity contribution in [2.75, 3.05) is 0 Å². The molecular weight excluding hydrogens is 230 g/mol. The molecule has 0 fully saturated rings. The third-order valence-electron chi connectivity index (χ3n) is 1.66. The number of alkyl halides is 2. The van der Waals surface area contributed by atoms with Gasteiger partial charge in [-0.1, -0.05) is 12.1 Å². The Bertz CT molecular complexity index is 481. The summed E-state index contributed by atoms with van der Waals surface area (Å²) in [5, 5.41) is 8.60. The van der Waals surface area contributed by atoms with E-state index in [9.17, 15) is 22.0 Å². The largest absolute Gasteiger partial charge is 0.478 e. The first-order valence-electron chi connectivity index (χ1n) is 3.71. The van der Waals surface area contributed by atoms with Crippen molar-refractivity contribution in [1.29, 1.82) is 0 Å². The number of halogens is 2. The average molecular weight is 236 g/mol. The van der Waals surface area contributed by atoms with E-state index in [4.69, 9.17) is 5.11 Å². The Hall–Kier alpha value is -1.50. The van der Waals surface area contributed by atoms with Crippen LogP contribution in [0.5, 0.6) is 0 Å². The van der Waals surface area contributed by atoms with E-state index in [1.54, 1.807) is 0 Å². The van der Waals surface area contributed by atoms with Crippen LogP contribution in [-0.2, 0) is 9.84 Å². The first-order chi connectivity index (χ1) is 6.87. The summed E-state index contributed by atoms with van der Waals surface area (Å²) in [5.74, 6) is -5.19. The van der Waals surface area contributed by atoms with E-state index in [2.05, 4.69) is 0 Å². The minimum Gasteiger partial charge on any atom is -0.478 e. The van der Waals surface area contributed by atoms with E-state index in [1.807, 2.05) is 0 Å². The Morgan fingerprint density at radius 2 is 1.80 bits per heavy atom. The van der Waals surface area contributed by atoms with Crippen molar-refractivity contribution in [2.45, 2.75) is 10.7 Å². The van der Waals surface area contributed by atoms with Crippen molar-refractivity contribution in [2.24, 2.45) is 0 Å². The second-order valence-corrected chi connectivity index (χ2v) is 4.49. The maximum Gasteiger partial charge on any atom is 0.341 e. The molecule has 7 heteroatoms. The molecule has 0 bridgehead atoms. The molecule has 4 nitrogen and oxygen atoms in total. The Labute approximate surface area is 84.1 Å². The van der Waals surface area contributed by atoms with Crippen molar-refractivity contribution in [3.63, 3.8) is 0 Å². The van der Waals surface area contributed by atoms with Crippen LogP contribution in [0.2, 0.25) is 0 Å². The summed E-state index contributed by atoms with van der Waals surface area (Å²) in [6.45, 7) is 0. The molecule has 1 aromatic carbocycles. The van der Waals surface area contributed by atoms with Crippen molar-refractivity contribution in [3.05, 3.63) is 29.8 Å². The Kier molecular flexibility index (Phi) is 3.04. The number of rotatable bonds is 3. The van der Waals surface area contributed by atoms with Crippen LogP contribution in [0, 0.1) is 0 Å². The monoisotopic (exact) mass is 236 g/mol. The van der Waals surface area contributed by atoms with Gasteiger partial charge < -0.3 is 5.11 Å². The topological polar surface area (TPSA) is 71.4 Å². The Morgan fingerprint density at radius 3 is 2.27 bits per heavy atom. The molecule has 0 aliphatic rings. The number of benzene rings is 1. The molecule has 0 aliphatic heterocycles.